The van der Waals surface area contributed by atoms with Crippen molar-refractivity contribution in [3.63, 3.8) is 0 Å². The minimum absolute atomic E-state index is 0.0711. The van der Waals surface area contributed by atoms with Crippen LogP contribution >= 0.6 is 11.8 Å². The Labute approximate surface area is 414 Å². The molecule has 0 aromatic heterocycles. The van der Waals surface area contributed by atoms with E-state index in [9.17, 15) is 40.2 Å². The van der Waals surface area contributed by atoms with Crippen LogP contribution in [0.25, 0.3) is 0 Å². The number of carbonyl (C=O) groups excluding carboxylic acids is 2. The van der Waals surface area contributed by atoms with E-state index >= 15 is 0 Å². The summed E-state index contributed by atoms with van der Waals surface area (Å²) in [7, 11) is 0. The topological polar surface area (TPSA) is 235 Å². The predicted molar refractivity (Wildman–Crippen MR) is 262 cm³/mol. The van der Waals surface area contributed by atoms with E-state index in [0.29, 0.717) is 34.8 Å². The van der Waals surface area contributed by atoms with Crippen LogP contribution in [0.15, 0.2) is 158 Å². The van der Waals surface area contributed by atoms with E-state index in [1.807, 2.05) is 121 Å². The van der Waals surface area contributed by atoms with Gasteiger partial charge in [0.15, 0.2) is 0 Å². The number of hydrogen-bond acceptors (Lipinski definition) is 15. The molecule has 0 radical (unpaired) electrons. The molecule has 8 N–H and O–H groups in total. The molecule has 0 bridgehead atoms. The normalized spacial score (nSPS) is 24.0. The smallest absolute Gasteiger partial charge is 0.251 e. The second-order valence-electron chi connectivity index (χ2n) is 17.0. The third-order valence-electron chi connectivity index (χ3n) is 11.9. The molecule has 2 aliphatic rings. The van der Waals surface area contributed by atoms with Crippen LogP contribution in [-0.4, -0.2) is 115 Å². The van der Waals surface area contributed by atoms with Gasteiger partial charge < -0.3 is 69.7 Å². The van der Waals surface area contributed by atoms with Crippen molar-refractivity contribution in [1.82, 2.24) is 10.6 Å². The van der Waals surface area contributed by atoms with Gasteiger partial charge in [-0.1, -0.05) is 133 Å². The average Bonchev–Trinajstić information content (AvgIpc) is 3.41. The molecular weight excluding hydrogens is 933 g/mol. The lowest BCUT2D eigenvalue weighted by molar-refractivity contribution is -0.175. The summed E-state index contributed by atoms with van der Waals surface area (Å²) in [5, 5.41) is 72.3. The van der Waals surface area contributed by atoms with E-state index in [2.05, 4.69) is 10.6 Å². The fourth-order valence-corrected chi connectivity index (χ4v) is 9.38. The second-order valence-corrected chi connectivity index (χ2v) is 18.2. The third-order valence-corrected chi connectivity index (χ3v) is 13.2. The molecule has 8 rings (SSSR count). The van der Waals surface area contributed by atoms with E-state index < -0.39 is 84.6 Å². The lowest BCUT2D eigenvalue weighted by Gasteiger charge is -2.46. The summed E-state index contributed by atoms with van der Waals surface area (Å²) in [6.07, 6.45) is -9.29. The summed E-state index contributed by atoms with van der Waals surface area (Å²) in [5.41, 5.74) is 0.903. The first-order chi connectivity index (χ1) is 34.5. The predicted octanol–water partition coefficient (Wildman–Crippen LogP) is 4.51. The molecule has 0 spiro atoms. The first-order valence-corrected chi connectivity index (χ1v) is 24.0. The Morgan fingerprint density at radius 3 is 0.986 bits per heavy atom. The number of carbonyl (C=O) groups is 2. The maximum atomic E-state index is 14.1. The molecule has 2 aliphatic heterocycles. The summed E-state index contributed by atoms with van der Waals surface area (Å²) in [6, 6.07) is 44.1. The zero-order chi connectivity index (χ0) is 49.7. The van der Waals surface area contributed by atoms with Gasteiger partial charge in [-0.25, -0.2) is 0 Å². The minimum Gasteiger partial charge on any atom is -0.489 e. The molecule has 0 aliphatic carbocycles. The minimum atomic E-state index is -1.69. The molecule has 2 heterocycles. The van der Waals surface area contributed by atoms with Gasteiger partial charge in [0.1, 0.15) is 96.9 Å². The van der Waals surface area contributed by atoms with Crippen molar-refractivity contribution in [2.45, 2.75) is 86.0 Å². The molecule has 10 atom stereocenters. The van der Waals surface area contributed by atoms with E-state index in [0.717, 1.165) is 22.3 Å². The molecule has 0 unspecified atom stereocenters. The number of nitrogens with one attached hydrogen (secondary N) is 2. The van der Waals surface area contributed by atoms with E-state index in [1.165, 1.54) is 24.3 Å². The standard InChI is InChI=1S/C54H56N2O14S/c57-27-43-47(59)45(55-51(63)37-21-39(65-29-33-13-5-1-6-14-33)25-40(22-37)66-30-34-15-7-2-8-16-34)49(61)53(69-43)71-54-50(62)46(48(60)44(28-58)70-54)56-52(64)38-23-41(67-31-35-17-9-3-10-18-35)26-42(24-38)68-32-36-19-11-4-12-20-36/h1-26,43-50,53-54,57-62H,27-32H2,(H,55,63)(H,56,64)/t43-,44-,45-,46-,47+,48+,49-,50-,53+,54+/m1/s1. The Morgan fingerprint density at radius 1 is 0.437 bits per heavy atom. The maximum Gasteiger partial charge on any atom is 0.251 e. The molecule has 6 aromatic rings. The number of ether oxygens (including phenoxy) is 6. The van der Waals surface area contributed by atoms with Crippen molar-refractivity contribution >= 4 is 23.6 Å². The summed E-state index contributed by atoms with van der Waals surface area (Å²) >= 11 is 0.710. The molecule has 2 saturated heterocycles. The van der Waals surface area contributed by atoms with E-state index in [1.54, 1.807) is 12.1 Å². The Hall–Kier alpha value is -6.51. The van der Waals surface area contributed by atoms with Crippen LogP contribution in [0.3, 0.4) is 0 Å². The molecule has 6 aromatic carbocycles. The Balaban J connectivity index is 0.979. The molecule has 2 amide bonds. The summed E-state index contributed by atoms with van der Waals surface area (Å²) in [5.74, 6) is -0.212. The van der Waals surface area contributed by atoms with Crippen LogP contribution in [0, 0.1) is 0 Å². The van der Waals surface area contributed by atoms with E-state index in [4.69, 9.17) is 28.4 Å². The third kappa shape index (κ3) is 13.5. The number of hydrogen-bond donors (Lipinski definition) is 8. The number of benzene rings is 6. The van der Waals surface area contributed by atoms with Crippen LogP contribution < -0.4 is 29.6 Å². The molecule has 2 fully saturated rings. The fraction of sp³-hybridized carbons (Fsp3) is 0.296. The highest BCUT2D eigenvalue weighted by Crippen LogP contribution is 2.37. The largest absolute Gasteiger partial charge is 0.489 e. The highest BCUT2D eigenvalue weighted by molar-refractivity contribution is 8.00. The van der Waals surface area contributed by atoms with Crippen LogP contribution in [0.1, 0.15) is 43.0 Å². The number of rotatable bonds is 20. The molecule has 71 heavy (non-hydrogen) atoms. The van der Waals surface area contributed by atoms with Crippen molar-refractivity contribution in [3.8, 4) is 23.0 Å². The number of aliphatic hydroxyl groups excluding tert-OH is 6. The van der Waals surface area contributed by atoms with Crippen molar-refractivity contribution in [2.24, 2.45) is 0 Å². The molecule has 17 heteroatoms. The quantitative estimate of drug-likeness (QED) is 0.0526. The number of amides is 2. The van der Waals surface area contributed by atoms with Crippen molar-refractivity contribution in [3.05, 3.63) is 191 Å². The van der Waals surface area contributed by atoms with E-state index in [-0.39, 0.29) is 37.6 Å². The van der Waals surface area contributed by atoms with Gasteiger partial charge in [0, 0.05) is 23.3 Å². The number of aliphatic hydroxyl groups is 6. The van der Waals surface area contributed by atoms with Gasteiger partial charge in [-0.3, -0.25) is 9.59 Å². The van der Waals surface area contributed by atoms with Crippen LogP contribution in [0.4, 0.5) is 0 Å². The summed E-state index contributed by atoms with van der Waals surface area (Å²) in [6.45, 7) is -0.700. The zero-order valence-corrected chi connectivity index (χ0v) is 39.2. The summed E-state index contributed by atoms with van der Waals surface area (Å²) in [4.78, 5) is 28.2. The van der Waals surface area contributed by atoms with Gasteiger partial charge in [-0.15, -0.1) is 0 Å². The molecule has 16 nitrogen and oxygen atoms in total. The van der Waals surface area contributed by atoms with Gasteiger partial charge in [-0.05, 0) is 46.5 Å². The first kappa shape index (κ1) is 50.9. The molecular formula is C54H56N2O14S. The second kappa shape index (κ2) is 24.6. The highest BCUT2D eigenvalue weighted by atomic mass is 32.2. The van der Waals surface area contributed by atoms with Crippen LogP contribution in [0.5, 0.6) is 23.0 Å². The zero-order valence-electron chi connectivity index (χ0n) is 38.4. The highest BCUT2D eigenvalue weighted by Gasteiger charge is 2.51. The van der Waals surface area contributed by atoms with Gasteiger partial charge in [0.2, 0.25) is 0 Å². The van der Waals surface area contributed by atoms with Gasteiger partial charge in [-0.2, -0.15) is 0 Å². The SMILES string of the molecule is O=C(N[C@@H]1[C@@H](O)[C@@H](CO)O[C@@H](S[C@@H]2O[C@H](CO)[C@H](O)[C@@H](NC(=O)c3cc(OCc4ccccc4)cc(OCc4ccccc4)c3)[C@H]2O)[C@@H]1O)c1cc(OCc2ccccc2)cc(OCc2ccccc2)c1. The lowest BCUT2D eigenvalue weighted by atomic mass is 9.96. The van der Waals surface area contributed by atoms with Gasteiger partial charge >= 0.3 is 0 Å². The van der Waals surface area contributed by atoms with Gasteiger partial charge in [0.05, 0.1) is 25.3 Å². The Bertz CT molecular complexity index is 2330. The molecule has 372 valence electrons. The van der Waals surface area contributed by atoms with Crippen LogP contribution in [0.2, 0.25) is 0 Å². The fourth-order valence-electron chi connectivity index (χ4n) is 8.04. The first-order valence-electron chi connectivity index (χ1n) is 23.0. The van der Waals surface area contributed by atoms with Crippen molar-refractivity contribution < 1.29 is 68.6 Å². The van der Waals surface area contributed by atoms with Crippen molar-refractivity contribution in [2.75, 3.05) is 13.2 Å². The summed E-state index contributed by atoms with van der Waals surface area (Å²) < 4.78 is 36.1. The maximum absolute atomic E-state index is 14.1. The monoisotopic (exact) mass is 988 g/mol. The Kier molecular flexibility index (Phi) is 17.6. The average molecular weight is 989 g/mol. The van der Waals surface area contributed by atoms with Crippen molar-refractivity contribution in [1.29, 1.82) is 0 Å². The number of thioether (sulfide) groups is 1. The Morgan fingerprint density at radius 2 is 0.718 bits per heavy atom. The van der Waals surface area contributed by atoms with Gasteiger partial charge in [0.25, 0.3) is 11.8 Å². The molecule has 0 saturated carbocycles. The van der Waals surface area contributed by atoms with Crippen LogP contribution in [-0.2, 0) is 35.9 Å². The lowest BCUT2D eigenvalue weighted by Crippen LogP contribution is -2.66.